The molecule has 106 valence electrons. The highest BCUT2D eigenvalue weighted by Gasteiger charge is 2.13. The summed E-state index contributed by atoms with van der Waals surface area (Å²) in [5.41, 5.74) is 4.46. The molecular formula is C17H22N2O. The molecular weight excluding hydrogens is 248 g/mol. The lowest BCUT2D eigenvalue weighted by Crippen LogP contribution is -2.05. The van der Waals surface area contributed by atoms with E-state index in [1.807, 2.05) is 43.8 Å². The van der Waals surface area contributed by atoms with Crippen molar-refractivity contribution < 1.29 is 4.79 Å². The van der Waals surface area contributed by atoms with Gasteiger partial charge in [0.1, 0.15) is 5.78 Å². The Morgan fingerprint density at radius 1 is 1.20 bits per heavy atom. The molecule has 1 aromatic heterocycles. The average molecular weight is 270 g/mol. The number of nitrogens with zero attached hydrogens (tertiary/aromatic N) is 2. The molecule has 0 saturated carbocycles. The Morgan fingerprint density at radius 2 is 1.90 bits per heavy atom. The lowest BCUT2D eigenvalue weighted by atomic mass is 10.0. The van der Waals surface area contributed by atoms with Gasteiger partial charge in [-0.2, -0.15) is 5.10 Å². The number of benzene rings is 1. The van der Waals surface area contributed by atoms with Gasteiger partial charge < -0.3 is 0 Å². The van der Waals surface area contributed by atoms with Gasteiger partial charge >= 0.3 is 0 Å². The Balaban J connectivity index is 1.84. The van der Waals surface area contributed by atoms with E-state index in [2.05, 4.69) is 17.2 Å². The van der Waals surface area contributed by atoms with Crippen molar-refractivity contribution in [3.8, 4) is 0 Å². The third-order valence-electron chi connectivity index (χ3n) is 3.80. The monoisotopic (exact) mass is 270 g/mol. The summed E-state index contributed by atoms with van der Waals surface area (Å²) in [6, 6.07) is 10.3. The van der Waals surface area contributed by atoms with Gasteiger partial charge in [-0.15, -0.1) is 0 Å². The molecule has 0 radical (unpaired) electrons. The van der Waals surface area contributed by atoms with Crippen LogP contribution in [0.5, 0.6) is 0 Å². The van der Waals surface area contributed by atoms with Gasteiger partial charge in [-0.1, -0.05) is 30.3 Å². The van der Waals surface area contributed by atoms with Crippen LogP contribution in [0.4, 0.5) is 0 Å². The number of Topliss-reactive ketones (excluding diaryl/α,β-unsaturated/α-hetero) is 1. The number of carbonyl (C=O) groups excluding carboxylic acids is 1. The third kappa shape index (κ3) is 3.56. The molecule has 3 nitrogen and oxygen atoms in total. The normalized spacial score (nSPS) is 10.8. The van der Waals surface area contributed by atoms with Crippen molar-refractivity contribution >= 4 is 5.78 Å². The molecule has 0 bridgehead atoms. The molecule has 0 fully saturated rings. The second-order valence-corrected chi connectivity index (χ2v) is 5.33. The van der Waals surface area contributed by atoms with Crippen LogP contribution in [0.3, 0.4) is 0 Å². The van der Waals surface area contributed by atoms with E-state index in [4.69, 9.17) is 0 Å². The number of rotatable bonds is 6. The van der Waals surface area contributed by atoms with Crippen molar-refractivity contribution in [3.63, 3.8) is 0 Å². The second kappa shape index (κ2) is 6.51. The van der Waals surface area contributed by atoms with Gasteiger partial charge in [0.15, 0.2) is 0 Å². The van der Waals surface area contributed by atoms with E-state index in [1.165, 1.54) is 5.56 Å². The van der Waals surface area contributed by atoms with Crippen LogP contribution in [0.2, 0.25) is 0 Å². The van der Waals surface area contributed by atoms with Gasteiger partial charge in [-0.3, -0.25) is 9.48 Å². The zero-order valence-corrected chi connectivity index (χ0v) is 12.5. The molecule has 2 aromatic rings. The standard InChI is InChI=1S/C17H22N2O/c1-13-17(14(2)19(3)18-13)12-16(20)11-7-10-15-8-5-4-6-9-15/h4-6,8-9H,7,10-12H2,1-3H3. The summed E-state index contributed by atoms with van der Waals surface area (Å²) in [5.74, 6) is 0.306. The highest BCUT2D eigenvalue weighted by molar-refractivity contribution is 5.81. The van der Waals surface area contributed by atoms with Crippen molar-refractivity contribution in [2.45, 2.75) is 39.5 Å². The lowest BCUT2D eigenvalue weighted by molar-refractivity contribution is -0.118. The maximum Gasteiger partial charge on any atom is 0.137 e. The molecule has 0 amide bonds. The molecule has 0 N–H and O–H groups in total. The number of hydrogen-bond acceptors (Lipinski definition) is 2. The van der Waals surface area contributed by atoms with Gasteiger partial charge in [0.25, 0.3) is 0 Å². The highest BCUT2D eigenvalue weighted by atomic mass is 16.1. The Hall–Kier alpha value is -1.90. The van der Waals surface area contributed by atoms with Gasteiger partial charge in [-0.25, -0.2) is 0 Å². The minimum Gasteiger partial charge on any atom is -0.299 e. The van der Waals surface area contributed by atoms with Crippen molar-refractivity contribution in [3.05, 3.63) is 52.8 Å². The molecule has 3 heteroatoms. The predicted molar refractivity (Wildman–Crippen MR) is 80.8 cm³/mol. The van der Waals surface area contributed by atoms with Crippen LogP contribution in [-0.4, -0.2) is 15.6 Å². The zero-order chi connectivity index (χ0) is 14.5. The fourth-order valence-corrected chi connectivity index (χ4v) is 2.49. The van der Waals surface area contributed by atoms with Crippen LogP contribution in [0.1, 0.15) is 35.4 Å². The number of aromatic nitrogens is 2. The highest BCUT2D eigenvalue weighted by Crippen LogP contribution is 2.14. The summed E-state index contributed by atoms with van der Waals surface area (Å²) in [5, 5.41) is 4.36. The number of hydrogen-bond donors (Lipinski definition) is 0. The van der Waals surface area contributed by atoms with Gasteiger partial charge in [0.2, 0.25) is 0 Å². The number of ketones is 1. The summed E-state index contributed by atoms with van der Waals surface area (Å²) in [4.78, 5) is 12.1. The minimum absolute atomic E-state index is 0.306. The summed E-state index contributed by atoms with van der Waals surface area (Å²) in [7, 11) is 1.92. The summed E-state index contributed by atoms with van der Waals surface area (Å²) in [6.45, 7) is 3.99. The zero-order valence-electron chi connectivity index (χ0n) is 12.5. The molecule has 1 aromatic carbocycles. The van der Waals surface area contributed by atoms with Gasteiger partial charge in [0.05, 0.1) is 5.69 Å². The Bertz CT molecular complexity index is 585. The summed E-state index contributed by atoms with van der Waals surface area (Å²) >= 11 is 0. The Labute approximate surface area is 120 Å². The molecule has 20 heavy (non-hydrogen) atoms. The van der Waals surface area contributed by atoms with Gasteiger partial charge in [0, 0.05) is 31.1 Å². The first-order valence-corrected chi connectivity index (χ1v) is 7.12. The van der Waals surface area contributed by atoms with Crippen LogP contribution in [0, 0.1) is 13.8 Å². The average Bonchev–Trinajstić information content (AvgIpc) is 2.67. The molecule has 0 aliphatic heterocycles. The molecule has 0 unspecified atom stereocenters. The van der Waals surface area contributed by atoms with E-state index < -0.39 is 0 Å². The quantitative estimate of drug-likeness (QED) is 0.808. The van der Waals surface area contributed by atoms with Gasteiger partial charge in [-0.05, 0) is 32.3 Å². The maximum atomic E-state index is 12.1. The molecule has 1 heterocycles. The molecule has 2 rings (SSSR count). The lowest BCUT2D eigenvalue weighted by Gasteiger charge is -2.03. The second-order valence-electron chi connectivity index (χ2n) is 5.33. The van der Waals surface area contributed by atoms with Crippen molar-refractivity contribution in [1.29, 1.82) is 0 Å². The minimum atomic E-state index is 0.306. The maximum absolute atomic E-state index is 12.1. The molecule has 0 spiro atoms. The largest absolute Gasteiger partial charge is 0.299 e. The molecule has 0 saturated heterocycles. The first-order chi connectivity index (χ1) is 9.58. The van der Waals surface area contributed by atoms with E-state index in [-0.39, 0.29) is 0 Å². The van der Waals surface area contributed by atoms with Crippen molar-refractivity contribution in [1.82, 2.24) is 9.78 Å². The molecule has 0 aliphatic rings. The number of aryl methyl sites for hydroxylation is 3. The van der Waals surface area contributed by atoms with E-state index in [0.29, 0.717) is 18.6 Å². The first kappa shape index (κ1) is 14.5. The van der Waals surface area contributed by atoms with Crippen LogP contribution >= 0.6 is 0 Å². The van der Waals surface area contributed by atoms with Crippen LogP contribution in [-0.2, 0) is 24.7 Å². The number of carbonyl (C=O) groups is 1. The molecule has 0 atom stereocenters. The van der Waals surface area contributed by atoms with E-state index in [0.717, 1.165) is 29.8 Å². The van der Waals surface area contributed by atoms with Crippen molar-refractivity contribution in [2.75, 3.05) is 0 Å². The fourth-order valence-electron chi connectivity index (χ4n) is 2.49. The smallest absolute Gasteiger partial charge is 0.137 e. The van der Waals surface area contributed by atoms with Crippen LogP contribution in [0.15, 0.2) is 30.3 Å². The van der Waals surface area contributed by atoms with E-state index in [9.17, 15) is 4.79 Å². The summed E-state index contributed by atoms with van der Waals surface area (Å²) in [6.07, 6.45) is 3.04. The Kier molecular flexibility index (Phi) is 4.72. The first-order valence-electron chi connectivity index (χ1n) is 7.12. The topological polar surface area (TPSA) is 34.9 Å². The fraction of sp³-hybridized carbons (Fsp3) is 0.412. The van der Waals surface area contributed by atoms with E-state index in [1.54, 1.807) is 0 Å². The van der Waals surface area contributed by atoms with Crippen LogP contribution < -0.4 is 0 Å². The third-order valence-corrected chi connectivity index (χ3v) is 3.80. The van der Waals surface area contributed by atoms with Crippen molar-refractivity contribution in [2.24, 2.45) is 7.05 Å². The summed E-state index contributed by atoms with van der Waals surface area (Å²) < 4.78 is 1.85. The molecule has 0 aliphatic carbocycles. The van der Waals surface area contributed by atoms with E-state index >= 15 is 0 Å². The van der Waals surface area contributed by atoms with Crippen LogP contribution in [0.25, 0.3) is 0 Å². The Morgan fingerprint density at radius 3 is 2.50 bits per heavy atom. The SMILES string of the molecule is Cc1nn(C)c(C)c1CC(=O)CCCc1ccccc1. The predicted octanol–water partition coefficient (Wildman–Crippen LogP) is 3.17.